The van der Waals surface area contributed by atoms with Gasteiger partial charge in [-0.3, -0.25) is 9.78 Å². The van der Waals surface area contributed by atoms with Crippen LogP contribution in [0.25, 0.3) is 0 Å². The number of hydrogen-bond acceptors (Lipinski definition) is 4. The zero-order valence-electron chi connectivity index (χ0n) is 12.9. The monoisotopic (exact) mass is 291 g/mol. The van der Waals surface area contributed by atoms with E-state index in [2.05, 4.69) is 22.5 Å². The largest absolute Gasteiger partial charge is 0.385 e. The predicted molar refractivity (Wildman–Crippen MR) is 83.5 cm³/mol. The Balaban J connectivity index is 1.91. The van der Waals surface area contributed by atoms with Gasteiger partial charge in [-0.15, -0.1) is 0 Å². The van der Waals surface area contributed by atoms with Crippen molar-refractivity contribution in [2.45, 2.75) is 32.6 Å². The van der Waals surface area contributed by atoms with Crippen LogP contribution in [0.15, 0.2) is 18.5 Å². The SMILES string of the molecule is CCCNc1ccncc1C(=O)NCC1(CCOC)CC1. The predicted octanol–water partition coefficient (Wildman–Crippen LogP) is 2.45. The van der Waals surface area contributed by atoms with Crippen LogP contribution in [0, 0.1) is 5.41 Å². The summed E-state index contributed by atoms with van der Waals surface area (Å²) in [5.41, 5.74) is 1.73. The zero-order chi connectivity index (χ0) is 15.1. The Kier molecular flexibility index (Phi) is 5.56. The quantitative estimate of drug-likeness (QED) is 0.733. The molecule has 2 rings (SSSR count). The third-order valence-electron chi connectivity index (χ3n) is 4.05. The van der Waals surface area contributed by atoms with Crippen molar-refractivity contribution >= 4 is 11.6 Å². The molecule has 5 heteroatoms. The summed E-state index contributed by atoms with van der Waals surface area (Å²) in [6, 6.07) is 1.85. The number of aromatic nitrogens is 1. The van der Waals surface area contributed by atoms with E-state index in [1.807, 2.05) is 6.07 Å². The van der Waals surface area contributed by atoms with Crippen LogP contribution in [0.5, 0.6) is 0 Å². The van der Waals surface area contributed by atoms with Gasteiger partial charge in [0, 0.05) is 39.2 Å². The molecule has 5 nitrogen and oxygen atoms in total. The number of amides is 1. The Labute approximate surface area is 126 Å². The van der Waals surface area contributed by atoms with Crippen LogP contribution >= 0.6 is 0 Å². The Morgan fingerprint density at radius 2 is 2.29 bits per heavy atom. The summed E-state index contributed by atoms with van der Waals surface area (Å²) in [5, 5.41) is 6.32. The van der Waals surface area contributed by atoms with Crippen LogP contribution in [0.1, 0.15) is 43.0 Å². The maximum Gasteiger partial charge on any atom is 0.254 e. The number of pyridine rings is 1. The lowest BCUT2D eigenvalue weighted by atomic mass is 10.0. The number of carbonyl (C=O) groups is 1. The summed E-state index contributed by atoms with van der Waals surface area (Å²) in [6.45, 7) is 4.42. The topological polar surface area (TPSA) is 63.2 Å². The first-order valence-corrected chi connectivity index (χ1v) is 7.66. The molecular formula is C16H25N3O2. The van der Waals surface area contributed by atoms with Crippen LogP contribution in [0.2, 0.25) is 0 Å². The Bertz CT molecular complexity index is 472. The first-order chi connectivity index (χ1) is 10.2. The first-order valence-electron chi connectivity index (χ1n) is 7.66. The Morgan fingerprint density at radius 1 is 1.48 bits per heavy atom. The maximum atomic E-state index is 12.4. The first kappa shape index (κ1) is 15.8. The molecule has 0 atom stereocenters. The second-order valence-corrected chi connectivity index (χ2v) is 5.77. The highest BCUT2D eigenvalue weighted by atomic mass is 16.5. The highest BCUT2D eigenvalue weighted by molar-refractivity contribution is 5.99. The molecule has 0 spiro atoms. The van der Waals surface area contributed by atoms with Crippen molar-refractivity contribution in [3.8, 4) is 0 Å². The molecule has 0 bridgehead atoms. The summed E-state index contributed by atoms with van der Waals surface area (Å²) in [6.07, 6.45) is 7.70. The lowest BCUT2D eigenvalue weighted by Gasteiger charge is -2.16. The smallest absolute Gasteiger partial charge is 0.254 e. The average molecular weight is 291 g/mol. The van der Waals surface area contributed by atoms with Gasteiger partial charge in [0.1, 0.15) is 0 Å². The molecular weight excluding hydrogens is 266 g/mol. The van der Waals surface area contributed by atoms with Gasteiger partial charge in [-0.1, -0.05) is 6.92 Å². The number of carbonyl (C=O) groups excluding carboxylic acids is 1. The third kappa shape index (κ3) is 4.43. The molecule has 116 valence electrons. The van der Waals surface area contributed by atoms with Gasteiger partial charge in [0.25, 0.3) is 5.91 Å². The van der Waals surface area contributed by atoms with Gasteiger partial charge < -0.3 is 15.4 Å². The maximum absolute atomic E-state index is 12.4. The van der Waals surface area contributed by atoms with Gasteiger partial charge in [0.05, 0.1) is 11.3 Å². The molecule has 1 aliphatic carbocycles. The molecule has 0 unspecified atom stereocenters. The fourth-order valence-electron chi connectivity index (χ4n) is 2.36. The molecule has 0 aliphatic heterocycles. The Morgan fingerprint density at radius 3 is 2.95 bits per heavy atom. The minimum atomic E-state index is -0.0506. The fraction of sp³-hybridized carbons (Fsp3) is 0.625. The number of hydrogen-bond donors (Lipinski definition) is 2. The number of anilines is 1. The van der Waals surface area contributed by atoms with E-state index in [1.54, 1.807) is 19.5 Å². The van der Waals surface area contributed by atoms with E-state index in [-0.39, 0.29) is 11.3 Å². The van der Waals surface area contributed by atoms with E-state index in [0.717, 1.165) is 38.2 Å². The molecule has 1 aromatic heterocycles. The van der Waals surface area contributed by atoms with Crippen molar-refractivity contribution < 1.29 is 9.53 Å². The van der Waals surface area contributed by atoms with Gasteiger partial charge in [-0.25, -0.2) is 0 Å². The molecule has 1 aromatic rings. The standard InChI is InChI=1S/C16H25N3O2/c1-3-8-18-14-4-9-17-11-13(14)15(20)19-12-16(5-6-16)7-10-21-2/h4,9,11H,3,5-8,10,12H2,1-2H3,(H,17,18)(H,19,20). The molecule has 21 heavy (non-hydrogen) atoms. The van der Waals surface area contributed by atoms with E-state index < -0.39 is 0 Å². The summed E-state index contributed by atoms with van der Waals surface area (Å²) in [4.78, 5) is 16.4. The lowest BCUT2D eigenvalue weighted by Crippen LogP contribution is -2.31. The van der Waals surface area contributed by atoms with Crippen LogP contribution in [0.3, 0.4) is 0 Å². The molecule has 0 aromatic carbocycles. The summed E-state index contributed by atoms with van der Waals surface area (Å²) in [7, 11) is 1.72. The highest BCUT2D eigenvalue weighted by Crippen LogP contribution is 2.48. The lowest BCUT2D eigenvalue weighted by molar-refractivity contribution is 0.0938. The van der Waals surface area contributed by atoms with Crippen molar-refractivity contribution in [1.29, 1.82) is 0 Å². The second kappa shape index (κ2) is 7.41. The van der Waals surface area contributed by atoms with E-state index in [1.165, 1.54) is 12.8 Å². The van der Waals surface area contributed by atoms with Crippen LogP contribution in [-0.4, -0.2) is 37.7 Å². The fourth-order valence-corrected chi connectivity index (χ4v) is 2.36. The van der Waals surface area contributed by atoms with Crippen molar-refractivity contribution in [1.82, 2.24) is 10.3 Å². The third-order valence-corrected chi connectivity index (χ3v) is 4.05. The van der Waals surface area contributed by atoms with Crippen molar-refractivity contribution in [2.75, 3.05) is 32.1 Å². The zero-order valence-corrected chi connectivity index (χ0v) is 12.9. The molecule has 0 saturated heterocycles. The van der Waals surface area contributed by atoms with E-state index >= 15 is 0 Å². The Hall–Kier alpha value is -1.62. The van der Waals surface area contributed by atoms with Gasteiger partial charge >= 0.3 is 0 Å². The van der Waals surface area contributed by atoms with E-state index in [0.29, 0.717) is 5.56 Å². The molecule has 1 aliphatic rings. The van der Waals surface area contributed by atoms with Crippen LogP contribution in [0.4, 0.5) is 5.69 Å². The second-order valence-electron chi connectivity index (χ2n) is 5.77. The summed E-state index contributed by atoms with van der Waals surface area (Å²) in [5.74, 6) is -0.0506. The van der Waals surface area contributed by atoms with Gasteiger partial charge in [0.15, 0.2) is 0 Å². The summed E-state index contributed by atoms with van der Waals surface area (Å²) >= 11 is 0. The molecule has 1 saturated carbocycles. The molecule has 1 amide bonds. The average Bonchev–Trinajstić information content (AvgIpc) is 3.29. The van der Waals surface area contributed by atoms with Crippen molar-refractivity contribution in [3.63, 3.8) is 0 Å². The molecule has 1 fully saturated rings. The number of rotatable bonds is 9. The minimum Gasteiger partial charge on any atom is -0.385 e. The normalized spacial score (nSPS) is 15.5. The minimum absolute atomic E-state index is 0.0506. The number of nitrogens with zero attached hydrogens (tertiary/aromatic N) is 1. The number of methoxy groups -OCH3 is 1. The van der Waals surface area contributed by atoms with Crippen LogP contribution in [-0.2, 0) is 4.74 Å². The van der Waals surface area contributed by atoms with Gasteiger partial charge in [-0.05, 0) is 37.2 Å². The van der Waals surface area contributed by atoms with E-state index in [9.17, 15) is 4.79 Å². The molecule has 1 heterocycles. The molecule has 2 N–H and O–H groups in total. The number of ether oxygens (including phenoxy) is 1. The number of nitrogens with one attached hydrogen (secondary N) is 2. The van der Waals surface area contributed by atoms with Crippen molar-refractivity contribution in [3.05, 3.63) is 24.0 Å². The summed E-state index contributed by atoms with van der Waals surface area (Å²) < 4.78 is 5.14. The van der Waals surface area contributed by atoms with E-state index in [4.69, 9.17) is 4.74 Å². The van der Waals surface area contributed by atoms with Crippen molar-refractivity contribution in [2.24, 2.45) is 5.41 Å². The highest BCUT2D eigenvalue weighted by Gasteiger charge is 2.42. The van der Waals surface area contributed by atoms with Gasteiger partial charge in [0.2, 0.25) is 0 Å². The van der Waals surface area contributed by atoms with Gasteiger partial charge in [-0.2, -0.15) is 0 Å². The molecule has 0 radical (unpaired) electrons. The van der Waals surface area contributed by atoms with Crippen LogP contribution < -0.4 is 10.6 Å².